The SMILES string of the molecule is Cc1cc2sc(C3CCCN3C(=O)O)nc2nc1C. The van der Waals surface area contributed by atoms with Gasteiger partial charge in [0.05, 0.1) is 10.7 Å². The van der Waals surface area contributed by atoms with Crippen molar-refractivity contribution in [1.82, 2.24) is 14.9 Å². The number of rotatable bonds is 1. The standard InChI is InChI=1S/C13H15N3O2S/c1-7-6-10-11(14-8(7)2)15-12(19-10)9-4-3-5-16(9)13(17)18/h6,9H,3-5H2,1-2H3,(H,17,18). The minimum absolute atomic E-state index is 0.0997. The molecule has 1 N–H and O–H groups in total. The predicted octanol–water partition coefficient (Wildman–Crippen LogP) is 3.12. The third-order valence-electron chi connectivity index (χ3n) is 3.63. The number of aryl methyl sites for hydroxylation is 2. The van der Waals surface area contributed by atoms with Crippen molar-refractivity contribution in [3.63, 3.8) is 0 Å². The summed E-state index contributed by atoms with van der Waals surface area (Å²) >= 11 is 1.56. The molecule has 1 aliphatic rings. The van der Waals surface area contributed by atoms with E-state index < -0.39 is 6.09 Å². The minimum Gasteiger partial charge on any atom is -0.465 e. The molecule has 0 aliphatic carbocycles. The van der Waals surface area contributed by atoms with Gasteiger partial charge in [-0.2, -0.15) is 0 Å². The van der Waals surface area contributed by atoms with Crippen molar-refractivity contribution in [1.29, 1.82) is 0 Å². The van der Waals surface area contributed by atoms with Crippen molar-refractivity contribution in [2.24, 2.45) is 0 Å². The van der Waals surface area contributed by atoms with Gasteiger partial charge in [-0.3, -0.25) is 4.90 Å². The second-order valence-electron chi connectivity index (χ2n) is 4.90. The van der Waals surface area contributed by atoms with Gasteiger partial charge in [0.2, 0.25) is 0 Å². The highest BCUT2D eigenvalue weighted by atomic mass is 32.1. The zero-order valence-corrected chi connectivity index (χ0v) is 11.7. The maximum atomic E-state index is 11.2. The van der Waals surface area contributed by atoms with Gasteiger partial charge in [0.15, 0.2) is 5.65 Å². The first kappa shape index (κ1) is 12.3. The molecule has 2 aromatic heterocycles. The summed E-state index contributed by atoms with van der Waals surface area (Å²) < 4.78 is 1.04. The van der Waals surface area contributed by atoms with Crippen LogP contribution in [0.3, 0.4) is 0 Å². The Balaban J connectivity index is 2.03. The molecule has 100 valence electrons. The average Bonchev–Trinajstić information content (AvgIpc) is 2.95. The first-order valence-corrected chi connectivity index (χ1v) is 7.12. The number of nitrogens with zero attached hydrogens (tertiary/aromatic N) is 3. The van der Waals surface area contributed by atoms with Crippen LogP contribution in [0.5, 0.6) is 0 Å². The van der Waals surface area contributed by atoms with E-state index in [0.29, 0.717) is 6.54 Å². The van der Waals surface area contributed by atoms with Crippen LogP contribution in [0.2, 0.25) is 0 Å². The lowest BCUT2D eigenvalue weighted by Crippen LogP contribution is -2.28. The smallest absolute Gasteiger partial charge is 0.407 e. The third-order valence-corrected chi connectivity index (χ3v) is 4.72. The Kier molecular flexibility index (Phi) is 2.89. The van der Waals surface area contributed by atoms with Crippen molar-refractivity contribution in [2.45, 2.75) is 32.7 Å². The number of carboxylic acid groups (broad SMARTS) is 1. The van der Waals surface area contributed by atoms with Crippen LogP contribution in [-0.2, 0) is 0 Å². The molecule has 0 spiro atoms. The molecule has 1 unspecified atom stereocenters. The largest absolute Gasteiger partial charge is 0.465 e. The number of carbonyl (C=O) groups is 1. The molecule has 0 bridgehead atoms. The fourth-order valence-electron chi connectivity index (χ4n) is 2.46. The topological polar surface area (TPSA) is 66.3 Å². The van der Waals surface area contributed by atoms with Crippen LogP contribution in [-0.4, -0.2) is 32.6 Å². The van der Waals surface area contributed by atoms with E-state index in [0.717, 1.165) is 39.5 Å². The van der Waals surface area contributed by atoms with Gasteiger partial charge in [0, 0.05) is 12.2 Å². The summed E-state index contributed by atoms with van der Waals surface area (Å²) in [7, 11) is 0. The Morgan fingerprint density at radius 3 is 3.00 bits per heavy atom. The fourth-order valence-corrected chi connectivity index (χ4v) is 3.61. The molecule has 1 atom stereocenters. The van der Waals surface area contributed by atoms with Gasteiger partial charge in [-0.25, -0.2) is 14.8 Å². The summed E-state index contributed by atoms with van der Waals surface area (Å²) in [6.07, 6.45) is 0.893. The lowest BCUT2D eigenvalue weighted by molar-refractivity contribution is 0.140. The quantitative estimate of drug-likeness (QED) is 0.869. The monoisotopic (exact) mass is 277 g/mol. The van der Waals surface area contributed by atoms with Gasteiger partial charge in [-0.15, -0.1) is 11.3 Å². The van der Waals surface area contributed by atoms with E-state index in [1.54, 1.807) is 11.3 Å². The van der Waals surface area contributed by atoms with E-state index >= 15 is 0 Å². The Hall–Kier alpha value is -1.69. The van der Waals surface area contributed by atoms with E-state index in [1.165, 1.54) is 4.90 Å². The second-order valence-corrected chi connectivity index (χ2v) is 5.96. The molecule has 2 aromatic rings. The maximum absolute atomic E-state index is 11.2. The first-order chi connectivity index (χ1) is 9.06. The molecule has 1 amide bonds. The summed E-state index contributed by atoms with van der Waals surface area (Å²) in [5.74, 6) is 0. The summed E-state index contributed by atoms with van der Waals surface area (Å²) in [5.41, 5.74) is 2.86. The molecule has 3 heterocycles. The summed E-state index contributed by atoms with van der Waals surface area (Å²) in [4.78, 5) is 21.7. The molecule has 1 fully saturated rings. The fraction of sp³-hybridized carbons (Fsp3) is 0.462. The van der Waals surface area contributed by atoms with Crippen LogP contribution in [0.4, 0.5) is 4.79 Å². The van der Waals surface area contributed by atoms with Crippen molar-refractivity contribution < 1.29 is 9.90 Å². The summed E-state index contributed by atoms with van der Waals surface area (Å²) in [6, 6.07) is 1.98. The normalized spacial score (nSPS) is 19.3. The van der Waals surface area contributed by atoms with E-state index in [1.807, 2.05) is 13.8 Å². The van der Waals surface area contributed by atoms with E-state index in [2.05, 4.69) is 16.0 Å². The number of amides is 1. The number of thiazole rings is 1. The summed E-state index contributed by atoms with van der Waals surface area (Å²) in [6.45, 7) is 4.59. The molecular weight excluding hydrogens is 262 g/mol. The number of hydrogen-bond donors (Lipinski definition) is 1. The van der Waals surface area contributed by atoms with Gasteiger partial charge < -0.3 is 5.11 Å². The predicted molar refractivity (Wildman–Crippen MR) is 73.6 cm³/mol. The lowest BCUT2D eigenvalue weighted by atomic mass is 10.2. The molecule has 6 heteroatoms. The van der Waals surface area contributed by atoms with Crippen LogP contribution in [0.1, 0.15) is 35.1 Å². The second kappa shape index (κ2) is 4.45. The zero-order valence-electron chi connectivity index (χ0n) is 10.9. The first-order valence-electron chi connectivity index (χ1n) is 6.30. The third kappa shape index (κ3) is 2.06. The molecule has 0 aromatic carbocycles. The van der Waals surface area contributed by atoms with Crippen molar-refractivity contribution in [3.8, 4) is 0 Å². The molecular formula is C13H15N3O2S. The lowest BCUT2D eigenvalue weighted by Gasteiger charge is -2.18. The van der Waals surface area contributed by atoms with Crippen LogP contribution >= 0.6 is 11.3 Å². The summed E-state index contributed by atoms with van der Waals surface area (Å²) in [5, 5.41) is 10.1. The van der Waals surface area contributed by atoms with Crippen LogP contribution in [0, 0.1) is 13.8 Å². The molecule has 1 saturated heterocycles. The molecule has 0 saturated carbocycles. The van der Waals surface area contributed by atoms with Gasteiger partial charge in [-0.1, -0.05) is 0 Å². The highest BCUT2D eigenvalue weighted by molar-refractivity contribution is 7.18. The molecule has 19 heavy (non-hydrogen) atoms. The minimum atomic E-state index is -0.859. The van der Waals surface area contributed by atoms with Gasteiger partial charge in [-0.05, 0) is 38.3 Å². The molecule has 5 nitrogen and oxygen atoms in total. The highest BCUT2D eigenvalue weighted by Gasteiger charge is 2.32. The Labute approximate surface area is 114 Å². The Morgan fingerprint density at radius 1 is 1.47 bits per heavy atom. The Morgan fingerprint density at radius 2 is 2.26 bits per heavy atom. The van der Waals surface area contributed by atoms with Crippen molar-refractivity contribution in [2.75, 3.05) is 6.54 Å². The number of fused-ring (bicyclic) bond motifs is 1. The van der Waals surface area contributed by atoms with Crippen molar-refractivity contribution in [3.05, 3.63) is 22.3 Å². The van der Waals surface area contributed by atoms with Gasteiger partial charge in [0.25, 0.3) is 0 Å². The number of likely N-dealkylation sites (tertiary alicyclic amines) is 1. The van der Waals surface area contributed by atoms with Gasteiger partial charge >= 0.3 is 6.09 Å². The average molecular weight is 277 g/mol. The number of aromatic nitrogens is 2. The van der Waals surface area contributed by atoms with Crippen molar-refractivity contribution >= 4 is 27.8 Å². The van der Waals surface area contributed by atoms with Crippen LogP contribution in [0.15, 0.2) is 6.07 Å². The van der Waals surface area contributed by atoms with E-state index in [-0.39, 0.29) is 6.04 Å². The number of pyridine rings is 1. The maximum Gasteiger partial charge on any atom is 0.407 e. The van der Waals surface area contributed by atoms with Gasteiger partial charge in [0.1, 0.15) is 5.01 Å². The van der Waals surface area contributed by atoms with Crippen LogP contribution in [0.25, 0.3) is 10.3 Å². The highest BCUT2D eigenvalue weighted by Crippen LogP contribution is 2.36. The Bertz CT molecular complexity index is 614. The van der Waals surface area contributed by atoms with E-state index in [4.69, 9.17) is 0 Å². The zero-order chi connectivity index (χ0) is 13.6. The van der Waals surface area contributed by atoms with E-state index in [9.17, 15) is 9.90 Å². The molecule has 0 radical (unpaired) electrons. The molecule has 1 aliphatic heterocycles. The molecule has 3 rings (SSSR count). The number of hydrogen-bond acceptors (Lipinski definition) is 4. The van der Waals surface area contributed by atoms with Crippen LogP contribution < -0.4 is 0 Å².